The summed E-state index contributed by atoms with van der Waals surface area (Å²) in [5, 5.41) is 5.51. The van der Waals surface area contributed by atoms with Gasteiger partial charge >= 0.3 is 12.0 Å². The molecule has 3 rings (SSSR count). The van der Waals surface area contributed by atoms with Gasteiger partial charge in [0.15, 0.2) is 0 Å². The maximum absolute atomic E-state index is 12.6. The number of ether oxygens (including phenoxy) is 1. The summed E-state index contributed by atoms with van der Waals surface area (Å²) in [5.41, 5.74) is 3.20. The molecule has 6 nitrogen and oxygen atoms in total. The fraction of sp³-hybridized carbons (Fsp3) is 0.300. The van der Waals surface area contributed by atoms with Crippen LogP contribution in [-0.4, -0.2) is 24.4 Å². The minimum absolute atomic E-state index is 0.249. The lowest BCUT2D eigenvalue weighted by atomic mass is 10.0. The number of thioether (sulfide) groups is 1. The number of benzene rings is 1. The summed E-state index contributed by atoms with van der Waals surface area (Å²) in [7, 11) is 0. The van der Waals surface area contributed by atoms with E-state index in [2.05, 4.69) is 28.8 Å². The molecule has 1 aromatic carbocycles. The molecule has 0 fully saturated rings. The van der Waals surface area contributed by atoms with E-state index < -0.39 is 12.0 Å². The number of hydrogen-bond donors (Lipinski definition) is 2. The average molecular weight is 386 g/mol. The Morgan fingerprint density at radius 3 is 2.81 bits per heavy atom. The highest BCUT2D eigenvalue weighted by atomic mass is 32.2. The Hall–Kier alpha value is -2.67. The van der Waals surface area contributed by atoms with E-state index in [1.165, 1.54) is 6.26 Å². The molecule has 0 saturated carbocycles. The topological polar surface area (TPSA) is 80.6 Å². The molecule has 1 unspecified atom stereocenters. The molecule has 1 aliphatic rings. The minimum Gasteiger partial charge on any atom is -0.467 e. The molecule has 2 N–H and O–H groups in total. The van der Waals surface area contributed by atoms with Crippen LogP contribution in [0.3, 0.4) is 0 Å². The molecule has 1 atom stereocenters. The van der Waals surface area contributed by atoms with Gasteiger partial charge in [-0.2, -0.15) is 0 Å². The van der Waals surface area contributed by atoms with Gasteiger partial charge in [0.2, 0.25) is 0 Å². The quantitative estimate of drug-likeness (QED) is 0.582. The van der Waals surface area contributed by atoms with Crippen LogP contribution in [0.1, 0.15) is 29.9 Å². The van der Waals surface area contributed by atoms with Gasteiger partial charge in [0, 0.05) is 16.3 Å². The molecule has 2 amide bonds. The molecule has 1 aliphatic heterocycles. The summed E-state index contributed by atoms with van der Waals surface area (Å²) in [6.07, 6.45) is 1.51. The largest absolute Gasteiger partial charge is 0.467 e. The lowest BCUT2D eigenvalue weighted by molar-refractivity contribution is -0.139. The Kier molecular flexibility index (Phi) is 5.91. The molecule has 142 valence electrons. The first-order valence-corrected chi connectivity index (χ1v) is 9.69. The van der Waals surface area contributed by atoms with E-state index in [0.29, 0.717) is 22.8 Å². The number of aryl methyl sites for hydroxylation is 2. The third-order valence-corrected chi connectivity index (χ3v) is 5.38. The predicted octanol–water partition coefficient (Wildman–Crippen LogP) is 3.86. The van der Waals surface area contributed by atoms with E-state index in [1.807, 2.05) is 13.8 Å². The summed E-state index contributed by atoms with van der Waals surface area (Å²) in [6.45, 7) is 6.07. The van der Waals surface area contributed by atoms with Gasteiger partial charge in [0.05, 0.1) is 18.4 Å². The number of nitrogens with one attached hydrogen (secondary N) is 2. The molecular weight excluding hydrogens is 364 g/mol. The number of carbonyl (C=O) groups excluding carboxylic acids is 2. The second kappa shape index (κ2) is 8.35. The molecule has 27 heavy (non-hydrogen) atoms. The number of esters is 1. The Morgan fingerprint density at radius 2 is 2.11 bits per heavy atom. The number of furan rings is 1. The van der Waals surface area contributed by atoms with E-state index in [4.69, 9.17) is 9.15 Å². The zero-order chi connectivity index (χ0) is 19.4. The number of carbonyl (C=O) groups is 2. The SMILES string of the molecule is CCOC(=O)C1=C(CSc2cc(C)ccc2C)NC(=O)NC1c1ccco1. The van der Waals surface area contributed by atoms with Crippen molar-refractivity contribution < 1.29 is 18.7 Å². The van der Waals surface area contributed by atoms with Crippen molar-refractivity contribution in [3.63, 3.8) is 0 Å². The van der Waals surface area contributed by atoms with E-state index in [0.717, 1.165) is 16.0 Å². The Bertz CT molecular complexity index is 874. The van der Waals surface area contributed by atoms with E-state index >= 15 is 0 Å². The second-order valence-corrected chi connectivity index (χ2v) is 7.23. The molecule has 0 aliphatic carbocycles. The number of urea groups is 1. The van der Waals surface area contributed by atoms with Crippen LogP contribution in [0.4, 0.5) is 4.79 Å². The third-order valence-electron chi connectivity index (χ3n) is 4.19. The van der Waals surface area contributed by atoms with Gasteiger partial charge in [0.1, 0.15) is 11.8 Å². The second-order valence-electron chi connectivity index (χ2n) is 6.22. The number of rotatable bonds is 6. The first-order chi connectivity index (χ1) is 13.0. The lowest BCUT2D eigenvalue weighted by Gasteiger charge is -2.27. The molecule has 0 saturated heterocycles. The number of amides is 2. The van der Waals surface area contributed by atoms with Crippen molar-refractivity contribution in [3.8, 4) is 0 Å². The Labute approximate surface area is 162 Å². The van der Waals surface area contributed by atoms with Gasteiger partial charge < -0.3 is 19.8 Å². The van der Waals surface area contributed by atoms with Crippen LogP contribution in [0.5, 0.6) is 0 Å². The zero-order valence-corrected chi connectivity index (χ0v) is 16.3. The van der Waals surface area contributed by atoms with Crippen LogP contribution in [0.15, 0.2) is 57.2 Å². The highest BCUT2D eigenvalue weighted by molar-refractivity contribution is 7.99. The zero-order valence-electron chi connectivity index (χ0n) is 15.5. The minimum atomic E-state index is -0.679. The van der Waals surface area contributed by atoms with Gasteiger partial charge in [0.25, 0.3) is 0 Å². The van der Waals surface area contributed by atoms with Crippen LogP contribution in [0.2, 0.25) is 0 Å². The van der Waals surface area contributed by atoms with Crippen molar-refractivity contribution in [1.82, 2.24) is 10.6 Å². The van der Waals surface area contributed by atoms with Gasteiger partial charge in [-0.3, -0.25) is 0 Å². The Morgan fingerprint density at radius 1 is 1.30 bits per heavy atom. The smallest absolute Gasteiger partial charge is 0.338 e. The monoisotopic (exact) mass is 386 g/mol. The van der Waals surface area contributed by atoms with E-state index in [-0.39, 0.29) is 12.6 Å². The first kappa shape index (κ1) is 19.1. The van der Waals surface area contributed by atoms with Crippen molar-refractivity contribution in [2.24, 2.45) is 0 Å². The van der Waals surface area contributed by atoms with Crippen LogP contribution >= 0.6 is 11.8 Å². The van der Waals surface area contributed by atoms with Crippen molar-refractivity contribution >= 4 is 23.8 Å². The fourth-order valence-corrected chi connectivity index (χ4v) is 3.96. The predicted molar refractivity (Wildman–Crippen MR) is 103 cm³/mol. The van der Waals surface area contributed by atoms with Crippen LogP contribution < -0.4 is 10.6 Å². The maximum atomic E-state index is 12.6. The number of hydrogen-bond acceptors (Lipinski definition) is 5. The lowest BCUT2D eigenvalue weighted by Crippen LogP contribution is -2.46. The molecule has 0 radical (unpaired) electrons. The fourth-order valence-electron chi connectivity index (χ4n) is 2.86. The maximum Gasteiger partial charge on any atom is 0.338 e. The third kappa shape index (κ3) is 4.36. The van der Waals surface area contributed by atoms with Gasteiger partial charge in [-0.1, -0.05) is 17.7 Å². The summed E-state index contributed by atoms with van der Waals surface area (Å²) >= 11 is 1.57. The van der Waals surface area contributed by atoms with Gasteiger partial charge in [-0.15, -0.1) is 11.8 Å². The Balaban J connectivity index is 1.95. The highest BCUT2D eigenvalue weighted by Gasteiger charge is 2.35. The van der Waals surface area contributed by atoms with Gasteiger partial charge in [-0.05, 0) is 44.5 Å². The first-order valence-electron chi connectivity index (χ1n) is 8.70. The van der Waals surface area contributed by atoms with E-state index in [1.54, 1.807) is 30.8 Å². The molecule has 2 heterocycles. The van der Waals surface area contributed by atoms with Crippen LogP contribution in [0, 0.1) is 13.8 Å². The van der Waals surface area contributed by atoms with E-state index in [9.17, 15) is 9.59 Å². The normalized spacial score (nSPS) is 16.7. The molecule has 1 aromatic heterocycles. The summed E-state index contributed by atoms with van der Waals surface area (Å²) in [6, 6.07) is 8.61. The molecule has 0 spiro atoms. The average Bonchev–Trinajstić information content (AvgIpc) is 3.16. The van der Waals surface area contributed by atoms with Crippen molar-refractivity contribution in [1.29, 1.82) is 0 Å². The molecule has 2 aromatic rings. The standard InChI is InChI=1S/C20H22N2O4S/c1-4-25-19(23)17-14(11-27-16-10-12(2)7-8-13(16)3)21-20(24)22-18(17)15-6-5-9-26-15/h5-10,18H,4,11H2,1-3H3,(H2,21,22,24). The molecule has 0 bridgehead atoms. The summed E-state index contributed by atoms with van der Waals surface area (Å²) in [4.78, 5) is 25.9. The van der Waals surface area contributed by atoms with Crippen LogP contribution in [-0.2, 0) is 9.53 Å². The highest BCUT2D eigenvalue weighted by Crippen LogP contribution is 2.32. The van der Waals surface area contributed by atoms with Crippen molar-refractivity contribution in [2.75, 3.05) is 12.4 Å². The van der Waals surface area contributed by atoms with Crippen molar-refractivity contribution in [3.05, 3.63) is 64.8 Å². The molecule has 7 heteroatoms. The van der Waals surface area contributed by atoms with Crippen molar-refractivity contribution in [2.45, 2.75) is 31.7 Å². The summed E-state index contributed by atoms with van der Waals surface area (Å²) in [5.74, 6) is 0.452. The molecular formula is C20H22N2O4S. The van der Waals surface area contributed by atoms with Gasteiger partial charge in [-0.25, -0.2) is 9.59 Å². The van der Waals surface area contributed by atoms with Crippen LogP contribution in [0.25, 0.3) is 0 Å². The summed E-state index contributed by atoms with van der Waals surface area (Å²) < 4.78 is 10.7.